The van der Waals surface area contributed by atoms with Gasteiger partial charge in [-0.1, -0.05) is 13.8 Å². The van der Waals surface area contributed by atoms with Crippen LogP contribution in [-0.2, 0) is 12.8 Å². The molecule has 0 aliphatic heterocycles. The van der Waals surface area contributed by atoms with Gasteiger partial charge in [-0.2, -0.15) is 0 Å². The van der Waals surface area contributed by atoms with E-state index in [-0.39, 0.29) is 0 Å². The van der Waals surface area contributed by atoms with Crippen LogP contribution in [0, 0.1) is 6.92 Å². The summed E-state index contributed by atoms with van der Waals surface area (Å²) >= 11 is 0. The fourth-order valence-corrected chi connectivity index (χ4v) is 1.13. The molecule has 1 heterocycles. The normalized spacial score (nSPS) is 15.2. The average molecular weight is 296 g/mol. The van der Waals surface area contributed by atoms with Crippen LogP contribution < -0.4 is 0 Å². The first kappa shape index (κ1) is 17.2. The van der Waals surface area contributed by atoms with Crippen LogP contribution in [0.3, 0.4) is 0 Å². The molecule has 0 aliphatic carbocycles. The van der Waals surface area contributed by atoms with Crippen LogP contribution in [0.4, 0.5) is 25.2 Å². The van der Waals surface area contributed by atoms with E-state index in [4.69, 9.17) is 4.42 Å². The van der Waals surface area contributed by atoms with Crippen LogP contribution in [0.2, 0.25) is 0 Å². The van der Waals surface area contributed by atoms with Crippen LogP contribution in [-0.4, -0.2) is 0 Å². The number of aryl methyl sites for hydroxylation is 3. The number of hydrogen-bond acceptors (Lipinski definition) is 0. The van der Waals surface area contributed by atoms with E-state index in [0.29, 0.717) is 0 Å². The fraction of sp³-hybridized carbons (Fsp3) is 0.500. The molecular formula is C10H15F6OP. The van der Waals surface area contributed by atoms with Crippen LogP contribution in [0.1, 0.15) is 30.9 Å². The summed E-state index contributed by atoms with van der Waals surface area (Å²) in [6.45, 7) is 6.32. The minimum atomic E-state index is -10.7. The molecule has 0 saturated heterocycles. The fourth-order valence-electron chi connectivity index (χ4n) is 1.13. The first-order valence-electron chi connectivity index (χ1n) is 5.20. The van der Waals surface area contributed by atoms with Gasteiger partial charge in [0.1, 0.15) is 0 Å². The third-order valence-electron chi connectivity index (χ3n) is 1.74. The van der Waals surface area contributed by atoms with E-state index >= 15 is 0 Å². The second kappa shape index (κ2) is 4.68. The van der Waals surface area contributed by atoms with Crippen molar-refractivity contribution in [3.05, 3.63) is 29.2 Å². The summed E-state index contributed by atoms with van der Waals surface area (Å²) in [4.78, 5) is 0. The van der Waals surface area contributed by atoms with Gasteiger partial charge in [0.2, 0.25) is 0 Å². The second-order valence-electron chi connectivity index (χ2n) is 3.73. The zero-order chi connectivity index (χ0) is 14.7. The molecule has 0 amide bonds. The molecule has 1 rings (SSSR count). The SMILES string of the molecule is CCc1cc(C)cc(CC)[o+]1.F[P-](F)(F)(F)(F)F. The molecule has 1 aromatic rings. The Labute approximate surface area is 101 Å². The van der Waals surface area contributed by atoms with Gasteiger partial charge < -0.3 is 0 Å². The molecule has 1 aromatic heterocycles. The third kappa shape index (κ3) is 13.2. The van der Waals surface area contributed by atoms with Crippen molar-refractivity contribution in [3.63, 3.8) is 0 Å². The molecule has 8 heteroatoms. The Morgan fingerprint density at radius 1 is 0.889 bits per heavy atom. The van der Waals surface area contributed by atoms with Crippen molar-refractivity contribution >= 4 is 7.81 Å². The summed E-state index contributed by atoms with van der Waals surface area (Å²) < 4.78 is 64.8. The Hall–Kier alpha value is -0.840. The predicted octanol–water partition coefficient (Wildman–Crippen LogP) is 6.38. The van der Waals surface area contributed by atoms with Crippen molar-refractivity contribution in [2.45, 2.75) is 33.6 Å². The van der Waals surface area contributed by atoms with Gasteiger partial charge in [-0.15, -0.1) is 0 Å². The molecule has 0 N–H and O–H groups in total. The van der Waals surface area contributed by atoms with Gasteiger partial charge in [-0.3, -0.25) is 0 Å². The number of halogens is 6. The van der Waals surface area contributed by atoms with Crippen molar-refractivity contribution in [1.29, 1.82) is 0 Å². The molecular weight excluding hydrogens is 281 g/mol. The van der Waals surface area contributed by atoms with E-state index < -0.39 is 7.81 Å². The maximum absolute atomic E-state index is 10.7. The number of rotatable bonds is 2. The van der Waals surface area contributed by atoms with Crippen molar-refractivity contribution in [3.8, 4) is 0 Å². The van der Waals surface area contributed by atoms with Crippen LogP contribution in [0.25, 0.3) is 0 Å². The molecule has 0 fully saturated rings. The standard InChI is InChI=1S/C10H15O.F6P/c1-4-9-6-8(3)7-10(5-2)11-9;1-7(2,3,4,5)6/h6-7H,4-5H2,1-3H3;/q+1;-1. The summed E-state index contributed by atoms with van der Waals surface area (Å²) in [5.74, 6) is 2.17. The van der Waals surface area contributed by atoms with Gasteiger partial charge in [-0.05, 0) is 12.5 Å². The average Bonchev–Trinajstić information content (AvgIpc) is 2.11. The summed E-state index contributed by atoms with van der Waals surface area (Å²) in [5, 5.41) is 0. The third-order valence-corrected chi connectivity index (χ3v) is 1.74. The summed E-state index contributed by atoms with van der Waals surface area (Å²) in [5.41, 5.74) is 1.30. The van der Waals surface area contributed by atoms with Crippen LogP contribution >= 0.6 is 7.81 Å². The minimum absolute atomic E-state index is 0.981. The molecule has 0 aliphatic rings. The predicted molar refractivity (Wildman–Crippen MR) is 60.2 cm³/mol. The van der Waals surface area contributed by atoms with Crippen molar-refractivity contribution in [2.24, 2.45) is 0 Å². The molecule has 0 aromatic carbocycles. The van der Waals surface area contributed by atoms with E-state index in [9.17, 15) is 25.2 Å². The van der Waals surface area contributed by atoms with Gasteiger partial charge in [-0.25, -0.2) is 4.42 Å². The molecule has 108 valence electrons. The Morgan fingerprint density at radius 3 is 1.39 bits per heavy atom. The molecule has 18 heavy (non-hydrogen) atoms. The molecule has 0 unspecified atom stereocenters. The zero-order valence-corrected chi connectivity index (χ0v) is 11.1. The van der Waals surface area contributed by atoms with Gasteiger partial charge in [0.15, 0.2) is 0 Å². The van der Waals surface area contributed by atoms with E-state index in [1.165, 1.54) is 5.56 Å². The first-order valence-corrected chi connectivity index (χ1v) is 7.23. The molecule has 0 spiro atoms. The van der Waals surface area contributed by atoms with E-state index in [0.717, 1.165) is 24.4 Å². The molecule has 0 radical (unpaired) electrons. The monoisotopic (exact) mass is 296 g/mol. The topological polar surface area (TPSA) is 11.3 Å². The Morgan fingerprint density at radius 2 is 1.17 bits per heavy atom. The summed E-state index contributed by atoms with van der Waals surface area (Å²) in [7, 11) is -10.7. The molecule has 0 atom stereocenters. The molecule has 0 saturated carbocycles. The van der Waals surface area contributed by atoms with E-state index in [1.807, 2.05) is 0 Å². The number of hydrogen-bond donors (Lipinski definition) is 0. The van der Waals surface area contributed by atoms with Crippen LogP contribution in [0.15, 0.2) is 16.5 Å². The zero-order valence-electron chi connectivity index (χ0n) is 10.2. The second-order valence-corrected chi connectivity index (χ2v) is 5.65. The van der Waals surface area contributed by atoms with Crippen molar-refractivity contribution < 1.29 is 29.6 Å². The molecule has 0 bridgehead atoms. The Balaban J connectivity index is 0.000000360. The van der Waals surface area contributed by atoms with E-state index in [1.54, 1.807) is 0 Å². The van der Waals surface area contributed by atoms with Gasteiger partial charge in [0.25, 0.3) is 0 Å². The maximum atomic E-state index is 9.87. The first-order chi connectivity index (χ1) is 7.71. The van der Waals surface area contributed by atoms with Crippen LogP contribution in [0.5, 0.6) is 0 Å². The Bertz CT molecular complexity index is 377. The van der Waals surface area contributed by atoms with Gasteiger partial charge in [0.05, 0.1) is 12.8 Å². The summed E-state index contributed by atoms with van der Waals surface area (Å²) in [6.07, 6.45) is 1.96. The van der Waals surface area contributed by atoms with E-state index in [2.05, 4.69) is 32.9 Å². The molecule has 1 nitrogen and oxygen atoms in total. The quantitative estimate of drug-likeness (QED) is 0.350. The van der Waals surface area contributed by atoms with Gasteiger partial charge in [0, 0.05) is 12.1 Å². The van der Waals surface area contributed by atoms with Gasteiger partial charge >= 0.3 is 44.5 Å². The van der Waals surface area contributed by atoms with Crippen molar-refractivity contribution in [2.75, 3.05) is 0 Å². The summed E-state index contributed by atoms with van der Waals surface area (Å²) in [6, 6.07) is 4.19. The Kier molecular flexibility index (Phi) is 4.46. The van der Waals surface area contributed by atoms with Crippen molar-refractivity contribution in [1.82, 2.24) is 0 Å².